The molecule has 0 unspecified atom stereocenters. The predicted molar refractivity (Wildman–Crippen MR) is 129 cm³/mol. The lowest BCUT2D eigenvalue weighted by atomic mass is 9.94. The van der Waals surface area contributed by atoms with Crippen LogP contribution < -0.4 is 0 Å². The molecular weight excluding hydrogens is 430 g/mol. The van der Waals surface area contributed by atoms with E-state index in [1.165, 1.54) is 0 Å². The molecule has 1 aromatic carbocycles. The third kappa shape index (κ3) is 4.16. The van der Waals surface area contributed by atoms with Crippen LogP contribution in [-0.2, 0) is 17.7 Å². The van der Waals surface area contributed by atoms with Crippen LogP contribution in [0.4, 0.5) is 4.79 Å². The second kappa shape index (κ2) is 8.27. The van der Waals surface area contributed by atoms with Gasteiger partial charge in [-0.15, -0.1) is 0 Å². The van der Waals surface area contributed by atoms with Crippen molar-refractivity contribution in [2.24, 2.45) is 0 Å². The Kier molecular flexibility index (Phi) is 5.38. The molecule has 34 heavy (non-hydrogen) atoms. The second-order valence-electron chi connectivity index (χ2n) is 9.97. The summed E-state index contributed by atoms with van der Waals surface area (Å²) in [7, 11) is 0. The molecule has 1 aliphatic rings. The Morgan fingerprint density at radius 3 is 2.79 bits per heavy atom. The summed E-state index contributed by atoms with van der Waals surface area (Å²) in [5.41, 5.74) is 4.33. The molecule has 3 aromatic heterocycles. The lowest BCUT2D eigenvalue weighted by Crippen LogP contribution is -2.40. The molecule has 0 fully saturated rings. The van der Waals surface area contributed by atoms with E-state index in [0.29, 0.717) is 37.3 Å². The molecule has 0 saturated carbocycles. The average molecular weight is 460 g/mol. The van der Waals surface area contributed by atoms with Crippen molar-refractivity contribution in [2.45, 2.75) is 59.2 Å². The number of hydrogen-bond acceptors (Lipinski definition) is 6. The molecule has 4 heterocycles. The molecule has 0 spiro atoms. The van der Waals surface area contributed by atoms with Crippen molar-refractivity contribution in [3.8, 4) is 22.8 Å². The molecule has 0 atom stereocenters. The lowest BCUT2D eigenvalue weighted by Gasteiger charge is -2.31. The molecule has 0 radical (unpaired) electrons. The van der Waals surface area contributed by atoms with E-state index in [-0.39, 0.29) is 6.09 Å². The summed E-state index contributed by atoms with van der Waals surface area (Å²) in [5, 5.41) is 5.30. The quantitative estimate of drug-likeness (QED) is 0.395. The number of nitrogens with zero attached hydrogens (tertiary/aromatic N) is 5. The smallest absolute Gasteiger partial charge is 0.410 e. The Balaban J connectivity index is 1.41. The number of aromatic nitrogens is 4. The highest BCUT2D eigenvalue weighted by atomic mass is 16.6. The van der Waals surface area contributed by atoms with Crippen molar-refractivity contribution < 1.29 is 14.1 Å². The van der Waals surface area contributed by atoms with Crippen molar-refractivity contribution in [3.63, 3.8) is 0 Å². The number of amides is 1. The first-order valence-electron chi connectivity index (χ1n) is 11.6. The van der Waals surface area contributed by atoms with Gasteiger partial charge in [-0.3, -0.25) is 0 Å². The van der Waals surface area contributed by atoms with E-state index < -0.39 is 5.60 Å². The van der Waals surface area contributed by atoms with Crippen LogP contribution in [0.25, 0.3) is 33.9 Å². The van der Waals surface area contributed by atoms with Gasteiger partial charge in [-0.25, -0.2) is 9.78 Å². The number of carbonyl (C=O) groups excluding carboxylic acids is 1. The minimum absolute atomic E-state index is 0.292. The van der Waals surface area contributed by atoms with Crippen LogP contribution in [0.5, 0.6) is 0 Å². The molecular formula is C26H29N5O3. The minimum atomic E-state index is -0.518. The van der Waals surface area contributed by atoms with E-state index in [9.17, 15) is 4.79 Å². The summed E-state index contributed by atoms with van der Waals surface area (Å²) in [6.07, 6.45) is 4.23. The van der Waals surface area contributed by atoms with Gasteiger partial charge in [0.05, 0.1) is 5.56 Å². The summed E-state index contributed by atoms with van der Waals surface area (Å²) < 4.78 is 13.3. The monoisotopic (exact) mass is 459 g/mol. The molecule has 0 saturated heterocycles. The molecule has 0 bridgehead atoms. The Morgan fingerprint density at radius 2 is 2.03 bits per heavy atom. The fourth-order valence-corrected chi connectivity index (χ4v) is 4.33. The number of rotatable bonds is 3. The average Bonchev–Trinajstić information content (AvgIpc) is 3.44. The number of fused-ring (bicyclic) bond motifs is 2. The fraction of sp³-hybridized carbons (Fsp3) is 0.385. The molecule has 176 valence electrons. The summed E-state index contributed by atoms with van der Waals surface area (Å²) >= 11 is 0. The van der Waals surface area contributed by atoms with Gasteiger partial charge < -0.3 is 18.7 Å². The van der Waals surface area contributed by atoms with E-state index in [2.05, 4.69) is 33.5 Å². The van der Waals surface area contributed by atoms with Gasteiger partial charge >= 0.3 is 6.09 Å². The zero-order valence-electron chi connectivity index (χ0n) is 20.2. The van der Waals surface area contributed by atoms with Crippen LogP contribution in [0, 0.1) is 0 Å². The third-order valence-corrected chi connectivity index (χ3v) is 5.94. The van der Waals surface area contributed by atoms with Gasteiger partial charge in [-0.2, -0.15) is 4.98 Å². The first-order chi connectivity index (χ1) is 16.2. The molecule has 1 amide bonds. The van der Waals surface area contributed by atoms with Crippen LogP contribution in [0.15, 0.2) is 47.2 Å². The van der Waals surface area contributed by atoms with Crippen LogP contribution in [0.3, 0.4) is 0 Å². The van der Waals surface area contributed by atoms with Crippen LogP contribution in [0.2, 0.25) is 0 Å². The van der Waals surface area contributed by atoms with Crippen molar-refractivity contribution in [2.75, 3.05) is 6.54 Å². The van der Waals surface area contributed by atoms with Crippen LogP contribution in [-0.4, -0.2) is 42.8 Å². The second-order valence-corrected chi connectivity index (χ2v) is 9.97. The van der Waals surface area contributed by atoms with E-state index in [1.54, 1.807) is 11.1 Å². The van der Waals surface area contributed by atoms with Crippen molar-refractivity contribution in [1.29, 1.82) is 0 Å². The van der Waals surface area contributed by atoms with Crippen LogP contribution in [0.1, 0.15) is 51.8 Å². The first-order valence-corrected chi connectivity index (χ1v) is 11.6. The van der Waals surface area contributed by atoms with Gasteiger partial charge in [0.25, 0.3) is 5.89 Å². The third-order valence-electron chi connectivity index (χ3n) is 5.94. The highest BCUT2D eigenvalue weighted by Gasteiger charge is 2.27. The van der Waals surface area contributed by atoms with Crippen molar-refractivity contribution >= 4 is 17.1 Å². The maximum Gasteiger partial charge on any atom is 0.410 e. The van der Waals surface area contributed by atoms with E-state index >= 15 is 0 Å². The maximum absolute atomic E-state index is 12.5. The van der Waals surface area contributed by atoms with Crippen LogP contribution >= 0.6 is 0 Å². The number of pyridine rings is 1. The Labute approximate surface area is 198 Å². The lowest BCUT2D eigenvalue weighted by molar-refractivity contribution is 0.0224. The maximum atomic E-state index is 12.5. The number of benzene rings is 1. The van der Waals surface area contributed by atoms with Gasteiger partial charge in [0.15, 0.2) is 0 Å². The summed E-state index contributed by atoms with van der Waals surface area (Å²) in [6.45, 7) is 11.0. The molecule has 1 aliphatic heterocycles. The summed E-state index contributed by atoms with van der Waals surface area (Å²) in [6, 6.07) is 10.4. The molecule has 0 N–H and O–H groups in total. The first kappa shape index (κ1) is 22.1. The molecule has 4 aromatic rings. The molecule has 5 rings (SSSR count). The van der Waals surface area contributed by atoms with Gasteiger partial charge in [-0.1, -0.05) is 23.4 Å². The predicted octanol–water partition coefficient (Wildman–Crippen LogP) is 5.63. The summed E-state index contributed by atoms with van der Waals surface area (Å²) in [4.78, 5) is 23.6. The van der Waals surface area contributed by atoms with Crippen molar-refractivity contribution in [1.82, 2.24) is 24.6 Å². The van der Waals surface area contributed by atoms with E-state index in [1.807, 2.05) is 57.3 Å². The Bertz CT molecular complexity index is 1360. The summed E-state index contributed by atoms with van der Waals surface area (Å²) in [5.74, 6) is 0.975. The van der Waals surface area contributed by atoms with Crippen molar-refractivity contribution in [3.05, 3.63) is 53.9 Å². The molecule has 8 heteroatoms. The van der Waals surface area contributed by atoms with Gasteiger partial charge in [0, 0.05) is 42.5 Å². The molecule has 8 nitrogen and oxygen atoms in total. The zero-order chi connectivity index (χ0) is 24.0. The highest BCUT2D eigenvalue weighted by Crippen LogP contribution is 2.31. The van der Waals surface area contributed by atoms with Gasteiger partial charge in [0.2, 0.25) is 5.82 Å². The largest absolute Gasteiger partial charge is 0.444 e. The van der Waals surface area contributed by atoms with E-state index in [0.717, 1.165) is 33.3 Å². The highest BCUT2D eigenvalue weighted by molar-refractivity contribution is 5.80. The fourth-order valence-electron chi connectivity index (χ4n) is 4.33. The number of ether oxygens (including phenoxy) is 1. The Morgan fingerprint density at radius 1 is 1.21 bits per heavy atom. The normalized spacial score (nSPS) is 14.0. The van der Waals surface area contributed by atoms with Gasteiger partial charge in [-0.05, 0) is 64.3 Å². The SMILES string of the molecule is CC(C)n1ccc2cc(-c3nc(-c4cccc5c4CCN(C(=O)OC(C)(C)C)C5)no3)cnc21. The molecule has 0 aliphatic carbocycles. The zero-order valence-corrected chi connectivity index (χ0v) is 20.2. The van der Waals surface area contributed by atoms with E-state index in [4.69, 9.17) is 9.26 Å². The number of carbonyl (C=O) groups is 1. The Hall–Kier alpha value is -3.68. The number of hydrogen-bond donors (Lipinski definition) is 0. The van der Waals surface area contributed by atoms with Gasteiger partial charge in [0.1, 0.15) is 11.2 Å². The topological polar surface area (TPSA) is 86.3 Å². The standard InChI is InChI=1S/C26H29N5O3/c1-16(2)31-12-9-17-13-19(14-27-23(17)31)24-28-22(29-34-24)21-8-6-7-18-15-30(11-10-20(18)21)25(32)33-26(3,4)5/h6-9,12-14,16H,10-11,15H2,1-5H3. The minimum Gasteiger partial charge on any atom is -0.444 e.